The van der Waals surface area contributed by atoms with Crippen molar-refractivity contribution in [3.63, 3.8) is 0 Å². The van der Waals surface area contributed by atoms with Gasteiger partial charge in [0.25, 0.3) is 0 Å². The summed E-state index contributed by atoms with van der Waals surface area (Å²) in [5, 5.41) is 0. The Hall–Kier alpha value is -6.25. The molecule has 0 radical (unpaired) electrons. The number of aryl methyl sites for hydroxylation is 4. The summed E-state index contributed by atoms with van der Waals surface area (Å²) in [7, 11) is 0. The van der Waals surface area contributed by atoms with E-state index < -0.39 is 0 Å². The smallest absolute Gasteiger partial charge is 0.657 e. The molecule has 0 aliphatic carbocycles. The van der Waals surface area contributed by atoms with Crippen LogP contribution in [0, 0.1) is 39.5 Å². The third-order valence-corrected chi connectivity index (χ3v) is 10.4. The minimum Gasteiger partial charge on any atom is -0.657 e. The maximum Gasteiger partial charge on any atom is 2.00 e. The van der Waals surface area contributed by atoms with Crippen molar-refractivity contribution in [2.45, 2.75) is 54.4 Å². The third-order valence-electron chi connectivity index (χ3n) is 10.4. The van der Waals surface area contributed by atoms with Gasteiger partial charge in [0, 0.05) is 12.8 Å². The Morgan fingerprint density at radius 3 is 0.780 bits per heavy atom. The van der Waals surface area contributed by atoms with Gasteiger partial charge in [-0.1, -0.05) is 157 Å². The Kier molecular flexibility index (Phi) is 12.6. The first-order chi connectivity index (χ1) is 28.3. The molecule has 3 aromatic heterocycles. The largest absolute Gasteiger partial charge is 2.00 e. The Labute approximate surface area is 363 Å². The monoisotopic (exact) mass is 798 g/mol. The zero-order valence-corrected chi connectivity index (χ0v) is 36.1. The van der Waals surface area contributed by atoms with Crippen LogP contribution in [-0.4, -0.2) is 9.97 Å². The van der Waals surface area contributed by atoms with Gasteiger partial charge < -0.3 is 9.97 Å². The second kappa shape index (κ2) is 18.1. The maximum atomic E-state index is 5.37. The molecule has 59 heavy (non-hydrogen) atoms. The van der Waals surface area contributed by atoms with Gasteiger partial charge in [0.05, 0.1) is 22.8 Å². The van der Waals surface area contributed by atoms with E-state index in [4.69, 9.17) is 19.9 Å². The first kappa shape index (κ1) is 40.9. The van der Waals surface area contributed by atoms with Gasteiger partial charge in [-0.05, 0) is 96.5 Å². The van der Waals surface area contributed by atoms with E-state index in [0.29, 0.717) is 0 Å². The van der Waals surface area contributed by atoms with Crippen molar-refractivity contribution in [3.8, 4) is 56.3 Å². The van der Waals surface area contributed by atoms with Crippen LogP contribution in [0.3, 0.4) is 0 Å². The molecule has 286 valence electrons. The van der Waals surface area contributed by atoms with Gasteiger partial charge in [-0.2, -0.15) is 0 Å². The van der Waals surface area contributed by atoms with Crippen molar-refractivity contribution in [1.82, 2.24) is 19.9 Å². The molecule has 0 saturated heterocycles. The third kappa shape index (κ3) is 8.79. The molecule has 0 spiro atoms. The average Bonchev–Trinajstić information content (AvgIpc) is 4.08. The summed E-state index contributed by atoms with van der Waals surface area (Å²) < 4.78 is 0. The fraction of sp³-hybridized carbons (Fsp3) is 0.148. The molecule has 2 aliphatic rings. The molecule has 5 heterocycles. The summed E-state index contributed by atoms with van der Waals surface area (Å²) in [6.45, 7) is 12.6. The molecule has 0 unspecified atom stereocenters. The first-order valence-electron chi connectivity index (χ1n) is 20.1. The van der Waals surface area contributed by atoms with Gasteiger partial charge in [-0.25, -0.2) is 9.97 Å². The molecule has 9 rings (SSSR count). The predicted molar refractivity (Wildman–Crippen MR) is 246 cm³/mol. The molecule has 0 N–H and O–H groups in total. The molecule has 0 amide bonds. The normalized spacial score (nSPS) is 11.3. The Morgan fingerprint density at radius 1 is 0.356 bits per heavy atom. The van der Waals surface area contributed by atoms with Gasteiger partial charge in [0.1, 0.15) is 0 Å². The predicted octanol–water partition coefficient (Wildman–Crippen LogP) is 13.6. The van der Waals surface area contributed by atoms with Gasteiger partial charge in [0.15, 0.2) is 0 Å². The number of fused-ring (bicyclic) bond motifs is 8. The van der Waals surface area contributed by atoms with E-state index >= 15 is 0 Å². The van der Waals surface area contributed by atoms with E-state index in [-0.39, 0.29) is 21.7 Å². The molecule has 7 aromatic rings. The van der Waals surface area contributed by atoms with Crippen molar-refractivity contribution in [1.29, 1.82) is 0 Å². The molecule has 4 aromatic carbocycles. The molecule has 0 saturated carbocycles. The van der Waals surface area contributed by atoms with Crippen molar-refractivity contribution in [3.05, 3.63) is 166 Å². The number of benzene rings is 4. The molecular formula is C54H46N4Ti. The van der Waals surface area contributed by atoms with Crippen LogP contribution in [0.1, 0.15) is 71.7 Å². The van der Waals surface area contributed by atoms with Gasteiger partial charge >= 0.3 is 21.7 Å². The van der Waals surface area contributed by atoms with Gasteiger partial charge in [-0.15, -0.1) is 33.9 Å². The molecular weight excluding hydrogens is 752 g/mol. The van der Waals surface area contributed by atoms with Crippen LogP contribution in [0.5, 0.6) is 0 Å². The molecule has 4 nitrogen and oxygen atoms in total. The zero-order chi connectivity index (χ0) is 40.2. The van der Waals surface area contributed by atoms with Crippen molar-refractivity contribution in [2.75, 3.05) is 0 Å². The molecule has 5 heteroatoms. The van der Waals surface area contributed by atoms with Crippen LogP contribution in [0.2, 0.25) is 0 Å². The van der Waals surface area contributed by atoms with Crippen molar-refractivity contribution >= 4 is 46.4 Å². The van der Waals surface area contributed by atoms with E-state index in [9.17, 15) is 0 Å². The standard InChI is InChI=1S/C48H36N4.C6H10.Ti/c1-29-5-13-33(14-6-29)45-37-21-23-39(49-37)46(34-15-7-30(2)8-16-34)41-25-27-43(51-41)48(36-19-11-32(4)12-20-36)44-28-26-42(52-44)47(40-24-22-38(45)50-40)35-17-9-31(3)10-18-35;1-3-5-6-4-2;/h5-28H,1-4H3;3-4H2,1-2H3;/q-2;;+2. The maximum absolute atomic E-state index is 5.37. The molecule has 8 bridgehead atoms. The second-order valence-electron chi connectivity index (χ2n) is 14.9. The average molecular weight is 799 g/mol. The van der Waals surface area contributed by atoms with Crippen LogP contribution < -0.4 is 9.97 Å². The summed E-state index contributed by atoms with van der Waals surface area (Å²) in [5.41, 5.74) is 19.9. The number of aromatic nitrogens is 4. The SMILES string of the molecule is CCC#CCC.Cc1ccc(-c2c3nc(c(-c4ccc(C)cc4)c4ccc([n-]4)c(-c4ccc(C)cc4)c4nc(c(-c5ccc(C)cc5)c5ccc2[n-]5)C=C4)C=C3)cc1.[Ti+2]. The number of hydrogen-bond acceptors (Lipinski definition) is 2. The first-order valence-corrected chi connectivity index (χ1v) is 20.1. The van der Waals surface area contributed by atoms with Crippen LogP contribution in [0.25, 0.3) is 90.9 Å². The van der Waals surface area contributed by atoms with E-state index in [1.807, 2.05) is 0 Å². The van der Waals surface area contributed by atoms with Crippen LogP contribution in [0.15, 0.2) is 121 Å². The quantitative estimate of drug-likeness (QED) is 0.131. The Bertz CT molecular complexity index is 2530. The summed E-state index contributed by atoms with van der Waals surface area (Å²) >= 11 is 0. The fourth-order valence-corrected chi connectivity index (χ4v) is 7.40. The number of rotatable bonds is 4. The minimum atomic E-state index is 0. The molecule has 2 aliphatic heterocycles. The van der Waals surface area contributed by atoms with Crippen LogP contribution >= 0.6 is 0 Å². The van der Waals surface area contributed by atoms with Gasteiger partial charge in [-0.3, -0.25) is 0 Å². The van der Waals surface area contributed by atoms with Crippen LogP contribution in [-0.2, 0) is 21.7 Å². The summed E-state index contributed by atoms with van der Waals surface area (Å²) in [6.07, 6.45) is 10.5. The summed E-state index contributed by atoms with van der Waals surface area (Å²) in [5.74, 6) is 5.90. The van der Waals surface area contributed by atoms with E-state index in [1.54, 1.807) is 0 Å². The molecule has 0 atom stereocenters. The fourth-order valence-electron chi connectivity index (χ4n) is 7.40. The second-order valence-corrected chi connectivity index (χ2v) is 14.9. The zero-order valence-electron chi connectivity index (χ0n) is 34.6. The summed E-state index contributed by atoms with van der Waals surface area (Å²) in [4.78, 5) is 21.5. The summed E-state index contributed by atoms with van der Waals surface area (Å²) in [6, 6.07) is 43.0. The molecule has 0 fully saturated rings. The Balaban J connectivity index is 0.000000704. The van der Waals surface area contributed by atoms with Crippen molar-refractivity contribution < 1.29 is 21.7 Å². The van der Waals surface area contributed by atoms with E-state index in [1.165, 1.54) is 22.3 Å². The Morgan fingerprint density at radius 2 is 0.576 bits per heavy atom. The topological polar surface area (TPSA) is 54.0 Å². The number of nitrogens with zero attached hydrogens (tertiary/aromatic N) is 4. The van der Waals surface area contributed by atoms with E-state index in [2.05, 4.69) is 199 Å². The van der Waals surface area contributed by atoms with Gasteiger partial charge in [0.2, 0.25) is 0 Å². The minimum absolute atomic E-state index is 0. The van der Waals surface area contributed by atoms with Crippen molar-refractivity contribution in [2.24, 2.45) is 0 Å². The van der Waals surface area contributed by atoms with Crippen LogP contribution in [0.4, 0.5) is 0 Å². The number of hydrogen-bond donors (Lipinski definition) is 0. The van der Waals surface area contributed by atoms with E-state index in [0.717, 1.165) is 102 Å².